The highest BCUT2D eigenvalue weighted by atomic mass is 32.1. The first-order chi connectivity index (χ1) is 19.8. The third kappa shape index (κ3) is 5.21. The van der Waals surface area contributed by atoms with E-state index in [4.69, 9.17) is 15.1 Å². The molecule has 2 saturated heterocycles. The summed E-state index contributed by atoms with van der Waals surface area (Å²) in [5.41, 5.74) is 2.75. The molecule has 0 saturated carbocycles. The number of carbonyl (C=O) groups excluding carboxylic acids is 1. The van der Waals surface area contributed by atoms with E-state index in [0.717, 1.165) is 30.3 Å². The van der Waals surface area contributed by atoms with E-state index in [2.05, 4.69) is 16.3 Å². The molecule has 41 heavy (non-hydrogen) atoms. The van der Waals surface area contributed by atoms with Gasteiger partial charge in [-0.1, -0.05) is 18.3 Å². The number of carbonyl (C=O) groups is 1. The maximum atomic E-state index is 13.5. The Bertz CT molecular complexity index is 1620. The summed E-state index contributed by atoms with van der Waals surface area (Å²) < 4.78 is 15.3. The van der Waals surface area contributed by atoms with Crippen LogP contribution in [0, 0.1) is 17.1 Å². The number of benzene rings is 1. The van der Waals surface area contributed by atoms with Gasteiger partial charge in [0.25, 0.3) is 0 Å². The second-order valence-corrected chi connectivity index (χ2v) is 11.3. The molecule has 2 N–H and O–H groups in total. The van der Waals surface area contributed by atoms with Gasteiger partial charge in [-0.25, -0.2) is 14.4 Å². The highest BCUT2D eigenvalue weighted by Gasteiger charge is 2.30. The van der Waals surface area contributed by atoms with Crippen LogP contribution in [0.2, 0.25) is 0 Å². The van der Waals surface area contributed by atoms with Crippen molar-refractivity contribution in [3.8, 4) is 17.3 Å². The lowest BCUT2D eigenvalue weighted by Gasteiger charge is -2.36. The zero-order valence-electron chi connectivity index (χ0n) is 22.8. The van der Waals surface area contributed by atoms with Gasteiger partial charge in [-0.05, 0) is 49.2 Å². The van der Waals surface area contributed by atoms with Crippen LogP contribution in [-0.4, -0.2) is 87.4 Å². The van der Waals surface area contributed by atoms with Crippen LogP contribution in [0.25, 0.3) is 16.9 Å². The first-order valence-electron chi connectivity index (χ1n) is 13.6. The van der Waals surface area contributed by atoms with Crippen LogP contribution in [0.3, 0.4) is 0 Å². The fourth-order valence-corrected chi connectivity index (χ4v) is 6.11. The van der Waals surface area contributed by atoms with Crippen molar-refractivity contribution in [3.05, 3.63) is 52.8 Å². The summed E-state index contributed by atoms with van der Waals surface area (Å²) in [5, 5.41) is 28.1. The van der Waals surface area contributed by atoms with Gasteiger partial charge in [-0.3, -0.25) is 4.79 Å². The van der Waals surface area contributed by atoms with Gasteiger partial charge in [-0.2, -0.15) is 9.78 Å². The molecule has 2 aliphatic rings. The lowest BCUT2D eigenvalue weighted by Crippen LogP contribution is -2.56. The molecule has 2 fully saturated rings. The Morgan fingerprint density at radius 3 is 2.71 bits per heavy atom. The Morgan fingerprint density at radius 1 is 1.22 bits per heavy atom. The third-order valence-electron chi connectivity index (χ3n) is 7.55. The molecular formula is C28H30FN9O2S. The Hall–Kier alpha value is -4.12. The van der Waals surface area contributed by atoms with Crippen molar-refractivity contribution in [2.24, 2.45) is 0 Å². The van der Waals surface area contributed by atoms with E-state index in [-0.39, 0.29) is 24.3 Å². The number of amides is 1. The summed E-state index contributed by atoms with van der Waals surface area (Å²) in [7, 11) is 1.88. The van der Waals surface area contributed by atoms with Gasteiger partial charge in [-0.15, -0.1) is 5.10 Å². The number of β-amino-alcohol motifs (C(OH)–C–C–N with tert-alkyl or cyclic N) is 1. The molecule has 212 valence electrons. The Kier molecular flexibility index (Phi) is 7.29. The number of nitriles is 1. The van der Waals surface area contributed by atoms with Gasteiger partial charge in [0.05, 0.1) is 18.3 Å². The molecule has 4 aromatic rings. The molecule has 1 aromatic carbocycles. The number of aromatic nitrogens is 4. The first-order valence-corrected chi connectivity index (χ1v) is 14.4. The minimum Gasteiger partial charge on any atom is -0.389 e. The predicted octanol–water partition coefficient (Wildman–Crippen LogP) is 2.57. The van der Waals surface area contributed by atoms with Crippen LogP contribution in [-0.2, 0) is 11.2 Å². The SMILES string of the molecule is CCc1nc2ccc(N3CC[C@H](NCC(=O)N4CC(O)C4)C3)nn2c1N(C)c1nc(-c2ccc(F)cc2)c(C#N)s1. The first kappa shape index (κ1) is 27.1. The number of aliphatic hydroxyl groups is 1. The number of nitrogens with one attached hydrogen (secondary N) is 1. The van der Waals surface area contributed by atoms with Crippen LogP contribution in [0.15, 0.2) is 36.4 Å². The maximum absolute atomic E-state index is 13.5. The van der Waals surface area contributed by atoms with Crippen LogP contribution in [0.5, 0.6) is 0 Å². The molecule has 13 heteroatoms. The minimum atomic E-state index is -0.400. The number of aliphatic hydroxyl groups excluding tert-OH is 1. The Balaban J connectivity index is 1.23. The molecular weight excluding hydrogens is 545 g/mol. The van der Waals surface area contributed by atoms with Gasteiger partial charge in [0.1, 0.15) is 28.3 Å². The van der Waals surface area contributed by atoms with Crippen molar-refractivity contribution >= 4 is 39.7 Å². The molecule has 0 unspecified atom stereocenters. The number of hydrogen-bond donors (Lipinski definition) is 2. The predicted molar refractivity (Wildman–Crippen MR) is 154 cm³/mol. The van der Waals surface area contributed by atoms with E-state index < -0.39 is 6.10 Å². The Morgan fingerprint density at radius 2 is 2.00 bits per heavy atom. The van der Waals surface area contributed by atoms with E-state index in [0.29, 0.717) is 53.0 Å². The molecule has 5 heterocycles. The van der Waals surface area contributed by atoms with Crippen molar-refractivity contribution < 1.29 is 14.3 Å². The largest absolute Gasteiger partial charge is 0.389 e. The number of hydrogen-bond acceptors (Lipinski definition) is 10. The third-order valence-corrected chi connectivity index (χ3v) is 8.59. The second-order valence-electron chi connectivity index (χ2n) is 10.3. The van der Waals surface area contributed by atoms with E-state index in [9.17, 15) is 19.6 Å². The van der Waals surface area contributed by atoms with E-state index in [1.165, 1.54) is 23.5 Å². The summed E-state index contributed by atoms with van der Waals surface area (Å²) in [5.74, 6) is 1.24. The highest BCUT2D eigenvalue weighted by molar-refractivity contribution is 7.16. The molecule has 11 nitrogen and oxygen atoms in total. The monoisotopic (exact) mass is 575 g/mol. The molecule has 0 spiro atoms. The molecule has 0 aliphatic carbocycles. The zero-order chi connectivity index (χ0) is 28.7. The number of thiazole rings is 1. The maximum Gasteiger partial charge on any atom is 0.236 e. The summed E-state index contributed by atoms with van der Waals surface area (Å²) in [6, 6.07) is 12.3. The fraction of sp³-hybridized carbons (Fsp3) is 0.393. The van der Waals surface area contributed by atoms with E-state index >= 15 is 0 Å². The summed E-state index contributed by atoms with van der Waals surface area (Å²) in [4.78, 5) is 28.0. The van der Waals surface area contributed by atoms with Crippen LogP contribution >= 0.6 is 11.3 Å². The second kappa shape index (κ2) is 11.0. The summed E-state index contributed by atoms with van der Waals surface area (Å²) >= 11 is 1.27. The average molecular weight is 576 g/mol. The zero-order valence-corrected chi connectivity index (χ0v) is 23.6. The van der Waals surface area contributed by atoms with Crippen molar-refractivity contribution in [1.29, 1.82) is 5.26 Å². The molecule has 0 bridgehead atoms. The standard InChI is InChI=1S/C28H30FN9O2S/c1-3-21-27(35(2)28-33-26(22(12-30)41-28)17-4-6-18(29)7-5-17)38-23(32-21)8-9-24(34-38)36-11-10-19(14-36)31-13-25(40)37-15-20(39)16-37/h4-9,19-20,31,39H,3,10-11,13-16H2,1-2H3/t19-/m0/s1. The van der Waals surface area contributed by atoms with Gasteiger partial charge in [0.15, 0.2) is 16.6 Å². The van der Waals surface area contributed by atoms with Crippen LogP contribution in [0.1, 0.15) is 23.9 Å². The number of fused-ring (bicyclic) bond motifs is 1. The molecule has 2 aliphatic heterocycles. The topological polar surface area (TPSA) is 126 Å². The Labute approximate surface area is 240 Å². The molecule has 6 rings (SSSR count). The van der Waals surface area contributed by atoms with E-state index in [1.54, 1.807) is 17.0 Å². The van der Waals surface area contributed by atoms with Crippen molar-refractivity contribution in [2.45, 2.75) is 31.9 Å². The van der Waals surface area contributed by atoms with Crippen LogP contribution in [0.4, 0.5) is 21.2 Å². The van der Waals surface area contributed by atoms with Gasteiger partial charge >= 0.3 is 0 Å². The normalized spacial score (nSPS) is 17.2. The molecule has 3 aromatic heterocycles. The lowest BCUT2D eigenvalue weighted by atomic mass is 10.1. The minimum absolute atomic E-state index is 0.0100. The van der Waals surface area contributed by atoms with Gasteiger partial charge < -0.3 is 25.1 Å². The number of imidazole rings is 1. The molecule has 1 amide bonds. The molecule has 1 atom stereocenters. The molecule has 0 radical (unpaired) electrons. The summed E-state index contributed by atoms with van der Waals surface area (Å²) in [6.45, 7) is 4.63. The number of anilines is 3. The quantitative estimate of drug-likeness (QED) is 0.326. The van der Waals surface area contributed by atoms with Crippen molar-refractivity contribution in [2.75, 3.05) is 49.6 Å². The number of nitrogens with zero attached hydrogens (tertiary/aromatic N) is 8. The number of halogens is 1. The average Bonchev–Trinajstić information content (AvgIpc) is 3.70. The fourth-order valence-electron chi connectivity index (χ4n) is 5.26. The number of rotatable bonds is 8. The summed E-state index contributed by atoms with van der Waals surface area (Å²) in [6.07, 6.45) is 1.16. The van der Waals surface area contributed by atoms with Crippen molar-refractivity contribution in [1.82, 2.24) is 29.8 Å². The highest BCUT2D eigenvalue weighted by Crippen LogP contribution is 2.37. The van der Waals surface area contributed by atoms with Crippen molar-refractivity contribution in [3.63, 3.8) is 0 Å². The van der Waals surface area contributed by atoms with Gasteiger partial charge in [0, 0.05) is 44.8 Å². The number of likely N-dealkylation sites (tertiary alicyclic amines) is 1. The lowest BCUT2D eigenvalue weighted by molar-refractivity contribution is -0.140. The van der Waals surface area contributed by atoms with E-state index in [1.807, 2.05) is 35.5 Å². The van der Waals surface area contributed by atoms with Gasteiger partial charge in [0.2, 0.25) is 5.91 Å². The smallest absolute Gasteiger partial charge is 0.236 e. The number of aryl methyl sites for hydroxylation is 1. The van der Waals surface area contributed by atoms with Crippen LogP contribution < -0.4 is 15.1 Å².